The highest BCUT2D eigenvalue weighted by atomic mass is 16.4. The average molecular weight is 244 g/mol. The van der Waals surface area contributed by atoms with Crippen molar-refractivity contribution in [3.63, 3.8) is 0 Å². The van der Waals surface area contributed by atoms with E-state index >= 15 is 0 Å². The Bertz CT molecular complexity index is 611. The van der Waals surface area contributed by atoms with Gasteiger partial charge in [0.1, 0.15) is 0 Å². The van der Waals surface area contributed by atoms with Crippen molar-refractivity contribution in [2.24, 2.45) is 7.05 Å². The Kier molecular flexibility index (Phi) is 2.40. The fraction of sp³-hybridized carbons (Fsp3) is 0.429. The molecule has 1 fully saturated rings. The van der Waals surface area contributed by atoms with Crippen molar-refractivity contribution in [1.29, 1.82) is 0 Å². The molecule has 0 atom stereocenters. The van der Waals surface area contributed by atoms with Gasteiger partial charge in [-0.05, 0) is 30.5 Å². The van der Waals surface area contributed by atoms with E-state index in [0.717, 1.165) is 35.9 Å². The minimum atomic E-state index is -0.712. The van der Waals surface area contributed by atoms with Crippen LogP contribution in [0, 0.1) is 0 Å². The first-order valence-corrected chi connectivity index (χ1v) is 6.24. The smallest absolute Gasteiger partial charge is 0.304 e. The van der Waals surface area contributed by atoms with Crippen LogP contribution in [0.15, 0.2) is 24.5 Å². The van der Waals surface area contributed by atoms with Crippen LogP contribution in [0.1, 0.15) is 31.2 Å². The van der Waals surface area contributed by atoms with Gasteiger partial charge in [-0.1, -0.05) is 12.5 Å². The highest BCUT2D eigenvalue weighted by Crippen LogP contribution is 2.46. The Labute approximate surface area is 105 Å². The molecule has 1 saturated carbocycles. The molecule has 0 radical (unpaired) electrons. The summed E-state index contributed by atoms with van der Waals surface area (Å²) in [5.41, 5.74) is 3.01. The van der Waals surface area contributed by atoms with Crippen LogP contribution in [0.4, 0.5) is 0 Å². The Balaban J connectivity index is 2.04. The predicted molar refractivity (Wildman–Crippen MR) is 68.5 cm³/mol. The molecule has 0 bridgehead atoms. The fourth-order valence-electron chi connectivity index (χ4n) is 2.93. The van der Waals surface area contributed by atoms with Crippen molar-refractivity contribution >= 4 is 17.0 Å². The number of fused-ring (bicyclic) bond motifs is 1. The molecule has 1 aromatic carbocycles. The second kappa shape index (κ2) is 3.83. The van der Waals surface area contributed by atoms with E-state index < -0.39 is 5.97 Å². The van der Waals surface area contributed by atoms with Gasteiger partial charge in [-0.15, -0.1) is 0 Å². The average Bonchev–Trinajstić information content (AvgIpc) is 2.65. The molecule has 1 aliphatic carbocycles. The van der Waals surface area contributed by atoms with Crippen LogP contribution in [-0.2, 0) is 17.3 Å². The molecule has 4 heteroatoms. The normalized spacial score (nSPS) is 17.6. The second-order valence-electron chi connectivity index (χ2n) is 5.26. The molecule has 18 heavy (non-hydrogen) atoms. The Morgan fingerprint density at radius 3 is 2.89 bits per heavy atom. The van der Waals surface area contributed by atoms with Gasteiger partial charge in [0.15, 0.2) is 0 Å². The lowest BCUT2D eigenvalue weighted by atomic mass is 9.62. The van der Waals surface area contributed by atoms with Crippen LogP contribution < -0.4 is 0 Å². The zero-order valence-electron chi connectivity index (χ0n) is 10.4. The SMILES string of the molecule is Cn1cnc2cc(C3(CC(=O)O)CCC3)ccc21. The summed E-state index contributed by atoms with van der Waals surface area (Å²) in [6, 6.07) is 6.16. The molecule has 2 aromatic rings. The monoisotopic (exact) mass is 244 g/mol. The molecule has 0 spiro atoms. The number of hydrogen-bond donors (Lipinski definition) is 1. The van der Waals surface area contributed by atoms with Gasteiger partial charge in [0.05, 0.1) is 23.8 Å². The summed E-state index contributed by atoms with van der Waals surface area (Å²) >= 11 is 0. The number of hydrogen-bond acceptors (Lipinski definition) is 2. The highest BCUT2D eigenvalue weighted by Gasteiger charge is 2.40. The number of nitrogens with zero attached hydrogens (tertiary/aromatic N) is 2. The number of aromatic nitrogens is 2. The molecule has 1 heterocycles. The third kappa shape index (κ3) is 1.60. The number of benzene rings is 1. The Morgan fingerprint density at radius 1 is 1.50 bits per heavy atom. The summed E-state index contributed by atoms with van der Waals surface area (Å²) in [5.74, 6) is -0.712. The maximum Gasteiger partial charge on any atom is 0.304 e. The molecule has 0 saturated heterocycles. The molecule has 1 aliphatic rings. The summed E-state index contributed by atoms with van der Waals surface area (Å²) in [6.45, 7) is 0. The summed E-state index contributed by atoms with van der Waals surface area (Å²) < 4.78 is 1.98. The van der Waals surface area contributed by atoms with Crippen LogP contribution in [-0.4, -0.2) is 20.6 Å². The van der Waals surface area contributed by atoms with Crippen molar-refractivity contribution < 1.29 is 9.90 Å². The maximum absolute atomic E-state index is 11.0. The summed E-state index contributed by atoms with van der Waals surface area (Å²) in [4.78, 5) is 15.4. The zero-order chi connectivity index (χ0) is 12.8. The van der Waals surface area contributed by atoms with E-state index in [0.29, 0.717) is 0 Å². The van der Waals surface area contributed by atoms with E-state index in [1.54, 1.807) is 6.33 Å². The van der Waals surface area contributed by atoms with Crippen molar-refractivity contribution in [3.05, 3.63) is 30.1 Å². The molecule has 1 N–H and O–H groups in total. The Morgan fingerprint density at radius 2 is 2.28 bits per heavy atom. The highest BCUT2D eigenvalue weighted by molar-refractivity contribution is 5.77. The molecule has 94 valence electrons. The molecular formula is C14H16N2O2. The summed E-state index contributed by atoms with van der Waals surface area (Å²) in [6.07, 6.45) is 5.08. The largest absolute Gasteiger partial charge is 0.481 e. The lowest BCUT2D eigenvalue weighted by molar-refractivity contribution is -0.139. The van der Waals surface area contributed by atoms with E-state index in [-0.39, 0.29) is 11.8 Å². The number of carbonyl (C=O) groups is 1. The van der Waals surface area contributed by atoms with Gasteiger partial charge in [0, 0.05) is 12.5 Å². The van der Waals surface area contributed by atoms with Crippen molar-refractivity contribution in [2.45, 2.75) is 31.1 Å². The molecule has 0 amide bonds. The van der Waals surface area contributed by atoms with Crippen LogP contribution in [0.3, 0.4) is 0 Å². The first-order valence-electron chi connectivity index (χ1n) is 6.24. The van der Waals surface area contributed by atoms with Crippen LogP contribution in [0.2, 0.25) is 0 Å². The first kappa shape index (κ1) is 11.3. The molecule has 0 aliphatic heterocycles. The molecule has 1 aromatic heterocycles. The van der Waals surface area contributed by atoms with Gasteiger partial charge in [-0.3, -0.25) is 4.79 Å². The lowest BCUT2D eigenvalue weighted by Crippen LogP contribution is -2.36. The van der Waals surface area contributed by atoms with Crippen molar-refractivity contribution in [2.75, 3.05) is 0 Å². The van der Waals surface area contributed by atoms with Crippen LogP contribution in [0.5, 0.6) is 0 Å². The predicted octanol–water partition coefficient (Wildman–Crippen LogP) is 2.47. The van der Waals surface area contributed by atoms with Crippen LogP contribution in [0.25, 0.3) is 11.0 Å². The summed E-state index contributed by atoms with van der Waals surface area (Å²) in [7, 11) is 1.96. The topological polar surface area (TPSA) is 55.1 Å². The lowest BCUT2D eigenvalue weighted by Gasteiger charge is -2.41. The van der Waals surface area contributed by atoms with Crippen LogP contribution >= 0.6 is 0 Å². The van der Waals surface area contributed by atoms with E-state index in [9.17, 15) is 4.79 Å². The van der Waals surface area contributed by atoms with Gasteiger partial charge in [-0.25, -0.2) is 4.98 Å². The number of carboxylic acid groups (broad SMARTS) is 1. The van der Waals surface area contributed by atoms with Crippen molar-refractivity contribution in [1.82, 2.24) is 9.55 Å². The Hall–Kier alpha value is -1.84. The number of rotatable bonds is 3. The summed E-state index contributed by atoms with van der Waals surface area (Å²) in [5, 5.41) is 9.07. The van der Waals surface area contributed by atoms with Gasteiger partial charge >= 0.3 is 5.97 Å². The van der Waals surface area contributed by atoms with E-state index in [1.165, 1.54) is 0 Å². The number of imidazole rings is 1. The molecular weight excluding hydrogens is 228 g/mol. The van der Waals surface area contributed by atoms with Crippen molar-refractivity contribution in [3.8, 4) is 0 Å². The minimum absolute atomic E-state index is 0.155. The van der Waals surface area contributed by atoms with Gasteiger partial charge < -0.3 is 9.67 Å². The molecule has 4 nitrogen and oxygen atoms in total. The molecule has 0 unspecified atom stereocenters. The van der Waals surface area contributed by atoms with Gasteiger partial charge in [0.2, 0.25) is 0 Å². The maximum atomic E-state index is 11.0. The standard InChI is InChI=1S/C14H16N2O2/c1-16-9-15-11-7-10(3-4-12(11)16)14(5-2-6-14)8-13(17)18/h3-4,7,9H,2,5-6,8H2,1H3,(H,17,18). The van der Waals surface area contributed by atoms with E-state index in [4.69, 9.17) is 5.11 Å². The zero-order valence-corrected chi connectivity index (χ0v) is 10.4. The quantitative estimate of drug-likeness (QED) is 0.902. The van der Waals surface area contributed by atoms with E-state index in [2.05, 4.69) is 17.1 Å². The second-order valence-corrected chi connectivity index (χ2v) is 5.26. The minimum Gasteiger partial charge on any atom is -0.481 e. The third-order valence-electron chi connectivity index (χ3n) is 4.14. The van der Waals surface area contributed by atoms with Gasteiger partial charge in [0.25, 0.3) is 0 Å². The molecule has 3 rings (SSSR count). The van der Waals surface area contributed by atoms with Gasteiger partial charge in [-0.2, -0.15) is 0 Å². The number of aryl methyl sites for hydroxylation is 1. The first-order chi connectivity index (χ1) is 8.61. The number of carboxylic acids is 1. The number of aliphatic carboxylic acids is 1. The third-order valence-corrected chi connectivity index (χ3v) is 4.14. The van der Waals surface area contributed by atoms with E-state index in [1.807, 2.05) is 17.7 Å². The fourth-order valence-corrected chi connectivity index (χ4v) is 2.93.